The van der Waals surface area contributed by atoms with E-state index in [-0.39, 0.29) is 6.10 Å². The molecule has 0 aromatic heterocycles. The first-order valence-electron chi connectivity index (χ1n) is 3.53. The van der Waals surface area contributed by atoms with Crippen LogP contribution in [-0.4, -0.2) is 6.10 Å². The standard InChI is InChI=1S/C7H15ClO/c1-4-7(5-2)6(3)9-8/h6-7H,4-5H2,1-3H3. The van der Waals surface area contributed by atoms with Gasteiger partial charge >= 0.3 is 0 Å². The molecule has 2 heteroatoms. The van der Waals surface area contributed by atoms with Crippen LogP contribution in [0, 0.1) is 5.92 Å². The van der Waals surface area contributed by atoms with E-state index in [1.165, 1.54) is 0 Å². The Kier molecular flexibility index (Phi) is 5.21. The highest BCUT2D eigenvalue weighted by Gasteiger charge is 2.12. The highest BCUT2D eigenvalue weighted by Crippen LogP contribution is 2.16. The van der Waals surface area contributed by atoms with Gasteiger partial charge in [-0.2, -0.15) is 0 Å². The Morgan fingerprint density at radius 2 is 1.78 bits per heavy atom. The number of rotatable bonds is 4. The molecule has 1 unspecified atom stereocenters. The van der Waals surface area contributed by atoms with Gasteiger partial charge in [0.1, 0.15) is 0 Å². The molecule has 0 aromatic carbocycles. The molecule has 0 aliphatic rings. The Balaban J connectivity index is 3.50. The zero-order chi connectivity index (χ0) is 7.28. The maximum Gasteiger partial charge on any atom is 0.0790 e. The normalized spacial score (nSPS) is 14.3. The zero-order valence-electron chi connectivity index (χ0n) is 6.36. The van der Waals surface area contributed by atoms with E-state index in [1.54, 1.807) is 0 Å². The van der Waals surface area contributed by atoms with Crippen molar-refractivity contribution >= 4 is 11.9 Å². The second-order valence-electron chi connectivity index (χ2n) is 2.37. The van der Waals surface area contributed by atoms with Crippen molar-refractivity contribution in [1.29, 1.82) is 0 Å². The van der Waals surface area contributed by atoms with Gasteiger partial charge in [-0.05, 0) is 12.8 Å². The summed E-state index contributed by atoms with van der Waals surface area (Å²) < 4.78 is 4.67. The van der Waals surface area contributed by atoms with Gasteiger partial charge in [0.25, 0.3) is 0 Å². The van der Waals surface area contributed by atoms with Gasteiger partial charge in [-0.25, -0.2) is 0 Å². The van der Waals surface area contributed by atoms with E-state index in [4.69, 9.17) is 11.9 Å². The highest BCUT2D eigenvalue weighted by molar-refractivity contribution is 6.07. The van der Waals surface area contributed by atoms with Crippen LogP contribution in [0.15, 0.2) is 0 Å². The first kappa shape index (κ1) is 9.25. The second-order valence-corrected chi connectivity index (χ2v) is 2.55. The summed E-state index contributed by atoms with van der Waals surface area (Å²) in [5.74, 6) is 0.613. The summed E-state index contributed by atoms with van der Waals surface area (Å²) >= 11 is 5.20. The fraction of sp³-hybridized carbons (Fsp3) is 1.00. The Hall–Kier alpha value is 0.250. The maximum atomic E-state index is 5.20. The fourth-order valence-electron chi connectivity index (χ4n) is 1.03. The topological polar surface area (TPSA) is 9.23 Å². The van der Waals surface area contributed by atoms with Gasteiger partial charge in [0, 0.05) is 0 Å². The molecule has 0 radical (unpaired) electrons. The molecule has 1 nitrogen and oxygen atoms in total. The minimum absolute atomic E-state index is 0.196. The Bertz CT molecular complexity index is 61.9. The van der Waals surface area contributed by atoms with Gasteiger partial charge in [-0.3, -0.25) is 4.29 Å². The third-order valence-corrected chi connectivity index (χ3v) is 2.13. The summed E-state index contributed by atoms with van der Waals surface area (Å²) in [5.41, 5.74) is 0. The monoisotopic (exact) mass is 150 g/mol. The van der Waals surface area contributed by atoms with Crippen molar-refractivity contribution in [2.75, 3.05) is 0 Å². The number of halogens is 1. The number of hydrogen-bond donors (Lipinski definition) is 0. The maximum absolute atomic E-state index is 5.20. The van der Waals surface area contributed by atoms with Gasteiger partial charge in [0.05, 0.1) is 18.0 Å². The van der Waals surface area contributed by atoms with Crippen LogP contribution in [0.4, 0.5) is 0 Å². The molecule has 0 N–H and O–H groups in total. The van der Waals surface area contributed by atoms with Crippen LogP contribution in [0.25, 0.3) is 0 Å². The first-order valence-corrected chi connectivity index (χ1v) is 3.84. The molecule has 0 heterocycles. The average molecular weight is 151 g/mol. The SMILES string of the molecule is CCC(CC)C(C)OCl. The smallest absolute Gasteiger partial charge is 0.0790 e. The van der Waals surface area contributed by atoms with Crippen molar-refractivity contribution in [1.82, 2.24) is 0 Å². The van der Waals surface area contributed by atoms with Crippen molar-refractivity contribution in [3.05, 3.63) is 0 Å². The minimum Gasteiger partial charge on any atom is -0.276 e. The summed E-state index contributed by atoms with van der Waals surface area (Å²) in [6.45, 7) is 6.31. The second kappa shape index (κ2) is 5.07. The molecule has 0 aliphatic heterocycles. The lowest BCUT2D eigenvalue weighted by Gasteiger charge is -2.16. The molecule has 9 heavy (non-hydrogen) atoms. The van der Waals surface area contributed by atoms with Crippen molar-refractivity contribution in [2.24, 2.45) is 5.92 Å². The van der Waals surface area contributed by atoms with Crippen molar-refractivity contribution in [3.63, 3.8) is 0 Å². The summed E-state index contributed by atoms with van der Waals surface area (Å²) in [5, 5.41) is 0. The quantitative estimate of drug-likeness (QED) is 0.599. The van der Waals surface area contributed by atoms with Crippen LogP contribution >= 0.6 is 11.9 Å². The zero-order valence-corrected chi connectivity index (χ0v) is 7.11. The summed E-state index contributed by atoms with van der Waals surface area (Å²) in [6, 6.07) is 0. The largest absolute Gasteiger partial charge is 0.276 e. The first-order chi connectivity index (χ1) is 4.26. The Morgan fingerprint density at radius 1 is 1.33 bits per heavy atom. The lowest BCUT2D eigenvalue weighted by molar-refractivity contribution is 0.160. The van der Waals surface area contributed by atoms with E-state index < -0.39 is 0 Å². The van der Waals surface area contributed by atoms with Crippen molar-refractivity contribution in [3.8, 4) is 0 Å². The van der Waals surface area contributed by atoms with Crippen molar-refractivity contribution in [2.45, 2.75) is 39.7 Å². The molecule has 56 valence electrons. The molecule has 0 rings (SSSR count). The van der Waals surface area contributed by atoms with E-state index in [9.17, 15) is 0 Å². The average Bonchev–Trinajstić information content (AvgIpc) is 1.90. The van der Waals surface area contributed by atoms with E-state index in [2.05, 4.69) is 18.1 Å². The molecule has 0 saturated heterocycles. The van der Waals surface area contributed by atoms with Gasteiger partial charge in [-0.15, -0.1) is 0 Å². The summed E-state index contributed by atoms with van der Waals surface area (Å²) in [6.07, 6.45) is 2.48. The third kappa shape index (κ3) is 3.07. The van der Waals surface area contributed by atoms with Gasteiger partial charge < -0.3 is 0 Å². The molecule has 0 spiro atoms. The molecule has 0 bridgehead atoms. The van der Waals surface area contributed by atoms with E-state index in [0.29, 0.717) is 5.92 Å². The molecule has 1 atom stereocenters. The van der Waals surface area contributed by atoms with E-state index in [0.717, 1.165) is 12.8 Å². The molecular weight excluding hydrogens is 136 g/mol. The molecule has 0 amide bonds. The molecule has 0 aliphatic carbocycles. The van der Waals surface area contributed by atoms with Crippen molar-refractivity contribution < 1.29 is 4.29 Å². The summed E-state index contributed by atoms with van der Waals surface area (Å²) in [4.78, 5) is 0. The van der Waals surface area contributed by atoms with E-state index in [1.807, 2.05) is 6.92 Å². The lowest BCUT2D eigenvalue weighted by atomic mass is 9.98. The van der Waals surface area contributed by atoms with Crippen LogP contribution in [0.1, 0.15) is 33.6 Å². The number of hydrogen-bond acceptors (Lipinski definition) is 1. The summed E-state index contributed by atoms with van der Waals surface area (Å²) in [7, 11) is 0. The fourth-order valence-corrected chi connectivity index (χ4v) is 1.17. The minimum atomic E-state index is 0.196. The van der Waals surface area contributed by atoms with Gasteiger partial charge in [0.15, 0.2) is 0 Å². The predicted octanol–water partition coefficient (Wildman–Crippen LogP) is 2.98. The lowest BCUT2D eigenvalue weighted by Crippen LogP contribution is -2.15. The van der Waals surface area contributed by atoms with Crippen LogP contribution in [0.3, 0.4) is 0 Å². The molecule has 0 fully saturated rings. The van der Waals surface area contributed by atoms with Crippen LogP contribution in [-0.2, 0) is 4.29 Å². The Morgan fingerprint density at radius 3 is 1.89 bits per heavy atom. The van der Waals surface area contributed by atoms with Gasteiger partial charge in [0.2, 0.25) is 0 Å². The van der Waals surface area contributed by atoms with Gasteiger partial charge in [-0.1, -0.05) is 26.7 Å². The molecule has 0 aromatic rings. The highest BCUT2D eigenvalue weighted by atomic mass is 35.5. The predicted molar refractivity (Wildman–Crippen MR) is 40.5 cm³/mol. The third-order valence-electron chi connectivity index (χ3n) is 1.85. The Labute approximate surface area is 62.5 Å². The van der Waals surface area contributed by atoms with Crippen LogP contribution in [0.5, 0.6) is 0 Å². The van der Waals surface area contributed by atoms with Crippen LogP contribution in [0.2, 0.25) is 0 Å². The molecule has 0 saturated carbocycles. The van der Waals surface area contributed by atoms with E-state index >= 15 is 0 Å². The van der Waals surface area contributed by atoms with Crippen LogP contribution < -0.4 is 0 Å². The molecular formula is C7H15ClO.